The molecule has 1 amide bonds. The number of carbonyl (C=O) groups is 1. The lowest BCUT2D eigenvalue weighted by molar-refractivity contribution is -0.120. The zero-order chi connectivity index (χ0) is 10.5. The molecule has 0 saturated carbocycles. The molecule has 0 spiro atoms. The lowest BCUT2D eigenvalue weighted by Gasteiger charge is -2.27. The Labute approximate surface area is 80.5 Å². The van der Waals surface area contributed by atoms with Crippen LogP contribution < -0.4 is 5.32 Å². The number of nitrogens with one attached hydrogen (secondary N) is 1. The Morgan fingerprint density at radius 2 is 2.08 bits per heavy atom. The molecule has 1 atom stereocenters. The minimum Gasteiger partial charge on any atom is -0.394 e. The molecule has 2 N–H and O–H groups in total. The molecule has 3 nitrogen and oxygen atoms in total. The molecule has 0 aromatic carbocycles. The van der Waals surface area contributed by atoms with Crippen molar-refractivity contribution >= 4 is 5.91 Å². The third-order valence-electron chi connectivity index (χ3n) is 2.38. The molecule has 3 heteroatoms. The Hall–Kier alpha value is -0.570. The second-order valence-corrected chi connectivity index (χ2v) is 4.30. The van der Waals surface area contributed by atoms with Gasteiger partial charge in [-0.05, 0) is 11.8 Å². The van der Waals surface area contributed by atoms with Gasteiger partial charge in [0.2, 0.25) is 5.91 Å². The van der Waals surface area contributed by atoms with Gasteiger partial charge >= 0.3 is 0 Å². The van der Waals surface area contributed by atoms with Gasteiger partial charge in [-0.2, -0.15) is 0 Å². The van der Waals surface area contributed by atoms with Crippen molar-refractivity contribution in [3.05, 3.63) is 0 Å². The van der Waals surface area contributed by atoms with Crippen LogP contribution in [0.5, 0.6) is 0 Å². The number of carbonyl (C=O) groups excluding carboxylic acids is 1. The SMILES string of the molecule is CCC(C)(C)CC(CO)NC(C)=O. The van der Waals surface area contributed by atoms with Crippen LogP contribution >= 0.6 is 0 Å². The fourth-order valence-corrected chi connectivity index (χ4v) is 1.26. The first-order valence-corrected chi connectivity index (χ1v) is 4.79. The number of rotatable bonds is 5. The van der Waals surface area contributed by atoms with E-state index in [1.807, 2.05) is 0 Å². The number of hydrogen-bond acceptors (Lipinski definition) is 2. The molecule has 0 rings (SSSR count). The largest absolute Gasteiger partial charge is 0.394 e. The Kier molecular flexibility index (Phi) is 4.99. The molecule has 0 aliphatic rings. The van der Waals surface area contributed by atoms with Gasteiger partial charge in [0.05, 0.1) is 12.6 Å². The molecule has 0 fully saturated rings. The molecule has 0 heterocycles. The van der Waals surface area contributed by atoms with Crippen molar-refractivity contribution in [1.82, 2.24) is 5.32 Å². The molecule has 0 radical (unpaired) electrons. The van der Waals surface area contributed by atoms with Gasteiger partial charge in [-0.3, -0.25) is 4.79 Å². The van der Waals surface area contributed by atoms with E-state index in [9.17, 15) is 4.79 Å². The fraction of sp³-hybridized carbons (Fsp3) is 0.900. The number of aliphatic hydroxyl groups is 1. The van der Waals surface area contributed by atoms with Crippen LogP contribution in [0.3, 0.4) is 0 Å². The van der Waals surface area contributed by atoms with E-state index >= 15 is 0 Å². The topological polar surface area (TPSA) is 49.3 Å². The summed E-state index contributed by atoms with van der Waals surface area (Å²) in [7, 11) is 0. The third-order valence-corrected chi connectivity index (χ3v) is 2.38. The van der Waals surface area contributed by atoms with Crippen molar-refractivity contribution in [2.24, 2.45) is 5.41 Å². The zero-order valence-electron chi connectivity index (χ0n) is 9.05. The van der Waals surface area contributed by atoms with Crippen LogP contribution in [0, 0.1) is 5.41 Å². The molecular formula is C10H21NO2. The third kappa shape index (κ3) is 5.64. The maximum absolute atomic E-state index is 10.8. The first-order valence-electron chi connectivity index (χ1n) is 4.79. The average Bonchev–Trinajstić information content (AvgIpc) is 2.02. The van der Waals surface area contributed by atoms with Gasteiger partial charge in [-0.1, -0.05) is 27.2 Å². The second kappa shape index (κ2) is 5.22. The summed E-state index contributed by atoms with van der Waals surface area (Å²) in [5.74, 6) is -0.0778. The molecule has 0 aromatic rings. The van der Waals surface area contributed by atoms with Crippen LogP contribution in [-0.2, 0) is 4.79 Å². The van der Waals surface area contributed by atoms with Gasteiger partial charge in [0, 0.05) is 6.92 Å². The lowest BCUT2D eigenvalue weighted by atomic mass is 9.83. The summed E-state index contributed by atoms with van der Waals surface area (Å²) in [5.41, 5.74) is 0.176. The number of aliphatic hydroxyl groups excluding tert-OH is 1. The normalized spacial score (nSPS) is 13.9. The highest BCUT2D eigenvalue weighted by Crippen LogP contribution is 2.25. The highest BCUT2D eigenvalue weighted by atomic mass is 16.3. The summed E-state index contributed by atoms with van der Waals surface area (Å²) in [6.07, 6.45) is 1.86. The predicted octanol–water partition coefficient (Wildman–Crippen LogP) is 1.31. The van der Waals surface area contributed by atoms with E-state index in [0.717, 1.165) is 12.8 Å². The smallest absolute Gasteiger partial charge is 0.217 e. The van der Waals surface area contributed by atoms with Gasteiger partial charge < -0.3 is 10.4 Å². The van der Waals surface area contributed by atoms with E-state index in [4.69, 9.17) is 5.11 Å². The maximum atomic E-state index is 10.8. The first kappa shape index (κ1) is 12.4. The van der Waals surface area contributed by atoms with Gasteiger partial charge in [0.15, 0.2) is 0 Å². The standard InChI is InChI=1S/C10H21NO2/c1-5-10(3,4)6-9(7-12)11-8(2)13/h9,12H,5-7H2,1-4H3,(H,11,13). The van der Waals surface area contributed by atoms with Gasteiger partial charge in [0.25, 0.3) is 0 Å². The highest BCUT2D eigenvalue weighted by molar-refractivity contribution is 5.73. The van der Waals surface area contributed by atoms with Crippen molar-refractivity contribution < 1.29 is 9.90 Å². The van der Waals surface area contributed by atoms with Crippen LogP contribution in [0.1, 0.15) is 40.5 Å². The van der Waals surface area contributed by atoms with Crippen LogP contribution in [0.4, 0.5) is 0 Å². The van der Waals surface area contributed by atoms with E-state index in [0.29, 0.717) is 0 Å². The van der Waals surface area contributed by atoms with Crippen LogP contribution in [0.25, 0.3) is 0 Å². The summed E-state index contributed by atoms with van der Waals surface area (Å²) in [4.78, 5) is 10.8. The monoisotopic (exact) mass is 187 g/mol. The van der Waals surface area contributed by atoms with Gasteiger partial charge in [-0.15, -0.1) is 0 Å². The van der Waals surface area contributed by atoms with Crippen molar-refractivity contribution in [2.45, 2.75) is 46.6 Å². The maximum Gasteiger partial charge on any atom is 0.217 e. The summed E-state index contributed by atoms with van der Waals surface area (Å²) in [5, 5.41) is 11.8. The molecule has 0 aromatic heterocycles. The van der Waals surface area contributed by atoms with E-state index in [2.05, 4.69) is 26.1 Å². The molecule has 1 unspecified atom stereocenters. The van der Waals surface area contributed by atoms with Crippen molar-refractivity contribution in [2.75, 3.05) is 6.61 Å². The summed E-state index contributed by atoms with van der Waals surface area (Å²) >= 11 is 0. The Morgan fingerprint density at radius 1 is 1.54 bits per heavy atom. The van der Waals surface area contributed by atoms with Crippen LogP contribution in [-0.4, -0.2) is 23.7 Å². The summed E-state index contributed by atoms with van der Waals surface area (Å²) in [6.45, 7) is 7.88. The molecular weight excluding hydrogens is 166 g/mol. The predicted molar refractivity (Wildman–Crippen MR) is 53.4 cm³/mol. The minimum absolute atomic E-state index is 0.0169. The van der Waals surface area contributed by atoms with E-state index in [1.165, 1.54) is 6.92 Å². The minimum atomic E-state index is -0.104. The fourth-order valence-electron chi connectivity index (χ4n) is 1.26. The molecule has 0 bridgehead atoms. The Morgan fingerprint density at radius 3 is 2.38 bits per heavy atom. The number of hydrogen-bond donors (Lipinski definition) is 2. The molecule has 0 aliphatic heterocycles. The van der Waals surface area contributed by atoms with E-state index < -0.39 is 0 Å². The highest BCUT2D eigenvalue weighted by Gasteiger charge is 2.21. The van der Waals surface area contributed by atoms with E-state index in [1.54, 1.807) is 0 Å². The second-order valence-electron chi connectivity index (χ2n) is 4.30. The van der Waals surface area contributed by atoms with Gasteiger partial charge in [0.1, 0.15) is 0 Å². The molecule has 78 valence electrons. The van der Waals surface area contributed by atoms with Crippen molar-refractivity contribution in [1.29, 1.82) is 0 Å². The lowest BCUT2D eigenvalue weighted by Crippen LogP contribution is -2.39. The van der Waals surface area contributed by atoms with Crippen molar-refractivity contribution in [3.63, 3.8) is 0 Å². The van der Waals surface area contributed by atoms with Gasteiger partial charge in [-0.25, -0.2) is 0 Å². The van der Waals surface area contributed by atoms with Crippen LogP contribution in [0.2, 0.25) is 0 Å². The molecule has 0 saturated heterocycles. The molecule has 0 aliphatic carbocycles. The van der Waals surface area contributed by atoms with Crippen LogP contribution in [0.15, 0.2) is 0 Å². The first-order chi connectivity index (χ1) is 5.91. The van der Waals surface area contributed by atoms with E-state index in [-0.39, 0.29) is 24.0 Å². The quantitative estimate of drug-likeness (QED) is 0.681. The number of amides is 1. The van der Waals surface area contributed by atoms with Crippen molar-refractivity contribution in [3.8, 4) is 0 Å². The Balaban J connectivity index is 4.04. The Bertz CT molecular complexity index is 166. The molecule has 13 heavy (non-hydrogen) atoms. The average molecular weight is 187 g/mol. The summed E-state index contributed by atoms with van der Waals surface area (Å²) in [6, 6.07) is -0.104. The summed E-state index contributed by atoms with van der Waals surface area (Å²) < 4.78 is 0. The zero-order valence-corrected chi connectivity index (χ0v) is 9.05.